The molecule has 3 rings (SSSR count). The number of rotatable bonds is 6. The molecular weight excluding hydrogens is 399 g/mol. The fraction of sp³-hybridized carbons (Fsp3) is 0.211. The molecule has 28 heavy (non-hydrogen) atoms. The van der Waals surface area contributed by atoms with E-state index in [4.69, 9.17) is 23.2 Å². The van der Waals surface area contributed by atoms with Crippen molar-refractivity contribution in [1.29, 1.82) is 0 Å². The Morgan fingerprint density at radius 3 is 2.50 bits per heavy atom. The summed E-state index contributed by atoms with van der Waals surface area (Å²) in [5.41, 5.74) is 1.07. The zero-order chi connectivity index (χ0) is 20.1. The quantitative estimate of drug-likeness (QED) is 0.643. The van der Waals surface area contributed by atoms with Gasteiger partial charge >= 0.3 is 0 Å². The van der Waals surface area contributed by atoms with Crippen LogP contribution in [0.3, 0.4) is 0 Å². The Hall–Kier alpha value is -2.77. The molecule has 0 fully saturated rings. The Morgan fingerprint density at radius 1 is 1.07 bits per heavy atom. The topological polar surface area (TPSA) is 83.9 Å². The van der Waals surface area contributed by atoms with E-state index in [9.17, 15) is 4.79 Å². The highest BCUT2D eigenvalue weighted by Crippen LogP contribution is 2.28. The summed E-state index contributed by atoms with van der Waals surface area (Å²) in [5, 5.41) is 3.54. The zero-order valence-electron chi connectivity index (χ0n) is 15.4. The lowest BCUT2D eigenvalue weighted by Gasteiger charge is -2.19. The number of nitrogens with zero attached hydrogens (tertiary/aromatic N) is 5. The minimum absolute atomic E-state index is 0.145. The number of carbonyl (C=O) groups is 1. The molecule has 1 amide bonds. The van der Waals surface area contributed by atoms with Gasteiger partial charge in [-0.25, -0.2) is 0 Å². The molecule has 0 aliphatic heterocycles. The van der Waals surface area contributed by atoms with Crippen molar-refractivity contribution in [3.05, 3.63) is 58.3 Å². The second-order valence-corrected chi connectivity index (χ2v) is 6.59. The summed E-state index contributed by atoms with van der Waals surface area (Å²) < 4.78 is 0. The molecule has 0 atom stereocenters. The van der Waals surface area contributed by atoms with Gasteiger partial charge in [0.15, 0.2) is 5.82 Å². The van der Waals surface area contributed by atoms with Crippen LogP contribution in [0.1, 0.15) is 24.2 Å². The molecule has 0 saturated carbocycles. The molecule has 1 aromatic carbocycles. The highest BCUT2D eigenvalue weighted by atomic mass is 35.5. The number of aromatic nitrogens is 4. The van der Waals surface area contributed by atoms with E-state index in [1.807, 2.05) is 18.7 Å². The molecule has 0 unspecified atom stereocenters. The molecule has 0 aliphatic rings. The Labute approximate surface area is 172 Å². The van der Waals surface area contributed by atoms with E-state index in [1.54, 1.807) is 36.5 Å². The van der Waals surface area contributed by atoms with Crippen molar-refractivity contribution in [3.63, 3.8) is 0 Å². The number of hydrogen-bond donors (Lipinski definition) is 1. The maximum atomic E-state index is 12.5. The highest BCUT2D eigenvalue weighted by molar-refractivity contribution is 6.42. The maximum Gasteiger partial charge on any atom is 0.259 e. The standard InChI is InChI=1S/C19H18Cl2N6O/c1-3-27(4-2)19-24-16(12-7-8-14(20)15(21)10-12)23-18(26-19)25-17(28)13-6-5-9-22-11-13/h5-11H,3-4H2,1-2H3,(H,23,24,25,26,28). The number of carbonyl (C=O) groups excluding carboxylic acids is 1. The minimum atomic E-state index is -0.357. The summed E-state index contributed by atoms with van der Waals surface area (Å²) >= 11 is 12.1. The lowest BCUT2D eigenvalue weighted by molar-refractivity contribution is 0.102. The zero-order valence-corrected chi connectivity index (χ0v) is 16.9. The van der Waals surface area contributed by atoms with Crippen LogP contribution >= 0.6 is 23.2 Å². The first-order chi connectivity index (χ1) is 13.5. The van der Waals surface area contributed by atoms with Crippen molar-refractivity contribution in [2.45, 2.75) is 13.8 Å². The number of halogens is 2. The first-order valence-electron chi connectivity index (χ1n) is 8.69. The van der Waals surface area contributed by atoms with Crippen LogP contribution in [0.4, 0.5) is 11.9 Å². The van der Waals surface area contributed by atoms with E-state index < -0.39 is 0 Å². The van der Waals surface area contributed by atoms with Gasteiger partial charge in [-0.1, -0.05) is 23.2 Å². The van der Waals surface area contributed by atoms with Gasteiger partial charge in [-0.05, 0) is 44.2 Å². The van der Waals surface area contributed by atoms with Crippen molar-refractivity contribution >= 4 is 41.0 Å². The summed E-state index contributed by atoms with van der Waals surface area (Å²) in [7, 11) is 0. The van der Waals surface area contributed by atoms with Gasteiger partial charge in [0.05, 0.1) is 15.6 Å². The molecule has 2 aromatic heterocycles. The fourth-order valence-corrected chi connectivity index (χ4v) is 2.80. The van der Waals surface area contributed by atoms with Gasteiger partial charge in [-0.3, -0.25) is 15.1 Å². The summed E-state index contributed by atoms with van der Waals surface area (Å²) in [6.45, 7) is 5.41. The molecule has 9 heteroatoms. The van der Waals surface area contributed by atoms with Gasteiger partial charge in [0.25, 0.3) is 5.91 Å². The van der Waals surface area contributed by atoms with Gasteiger partial charge in [0.1, 0.15) is 0 Å². The van der Waals surface area contributed by atoms with E-state index in [-0.39, 0.29) is 11.9 Å². The molecule has 0 saturated heterocycles. The average Bonchev–Trinajstić information content (AvgIpc) is 2.71. The predicted octanol–water partition coefficient (Wildman–Crippen LogP) is 4.34. The van der Waals surface area contributed by atoms with E-state index >= 15 is 0 Å². The van der Waals surface area contributed by atoms with E-state index in [0.29, 0.717) is 46.0 Å². The monoisotopic (exact) mass is 416 g/mol. The predicted molar refractivity (Wildman–Crippen MR) is 111 cm³/mol. The lowest BCUT2D eigenvalue weighted by atomic mass is 10.2. The molecule has 0 bridgehead atoms. The van der Waals surface area contributed by atoms with Crippen molar-refractivity contribution in [2.24, 2.45) is 0 Å². The second-order valence-electron chi connectivity index (χ2n) is 5.78. The number of nitrogens with one attached hydrogen (secondary N) is 1. The van der Waals surface area contributed by atoms with Crippen molar-refractivity contribution in [2.75, 3.05) is 23.3 Å². The van der Waals surface area contributed by atoms with Gasteiger partial charge in [-0.15, -0.1) is 0 Å². The highest BCUT2D eigenvalue weighted by Gasteiger charge is 2.16. The molecule has 7 nitrogen and oxygen atoms in total. The summed E-state index contributed by atoms with van der Waals surface area (Å²) in [4.78, 5) is 31.7. The number of hydrogen-bond acceptors (Lipinski definition) is 6. The van der Waals surface area contributed by atoms with Gasteiger partial charge in [-0.2, -0.15) is 15.0 Å². The molecule has 0 spiro atoms. The smallest absolute Gasteiger partial charge is 0.259 e. The molecule has 144 valence electrons. The largest absolute Gasteiger partial charge is 0.341 e. The first kappa shape index (κ1) is 20.0. The van der Waals surface area contributed by atoms with Crippen LogP contribution in [0.15, 0.2) is 42.7 Å². The molecule has 1 N–H and O–H groups in total. The van der Waals surface area contributed by atoms with Crippen molar-refractivity contribution in [1.82, 2.24) is 19.9 Å². The SMILES string of the molecule is CCN(CC)c1nc(NC(=O)c2cccnc2)nc(-c2ccc(Cl)c(Cl)c2)n1. The molecular formula is C19H18Cl2N6O. The number of pyridine rings is 1. The van der Waals surface area contributed by atoms with Crippen LogP contribution < -0.4 is 10.2 Å². The lowest BCUT2D eigenvalue weighted by Crippen LogP contribution is -2.25. The van der Waals surface area contributed by atoms with Crippen LogP contribution in [0.25, 0.3) is 11.4 Å². The third kappa shape index (κ3) is 4.55. The number of benzene rings is 1. The van der Waals surface area contributed by atoms with Gasteiger partial charge in [0.2, 0.25) is 11.9 Å². The third-order valence-corrected chi connectivity index (χ3v) is 4.74. The van der Waals surface area contributed by atoms with Crippen molar-refractivity contribution in [3.8, 4) is 11.4 Å². The average molecular weight is 417 g/mol. The minimum Gasteiger partial charge on any atom is -0.341 e. The van der Waals surface area contributed by atoms with Crippen LogP contribution in [-0.2, 0) is 0 Å². The Kier molecular flexibility index (Phi) is 6.38. The van der Waals surface area contributed by atoms with Crippen LogP contribution in [0.2, 0.25) is 10.0 Å². The number of anilines is 2. The van der Waals surface area contributed by atoms with Crippen LogP contribution in [0, 0.1) is 0 Å². The van der Waals surface area contributed by atoms with E-state index in [0.717, 1.165) is 0 Å². The summed E-state index contributed by atoms with van der Waals surface area (Å²) in [6, 6.07) is 8.47. The Bertz CT molecular complexity index is 979. The van der Waals surface area contributed by atoms with Gasteiger partial charge in [0, 0.05) is 31.0 Å². The molecule has 0 aliphatic carbocycles. The number of amides is 1. The second kappa shape index (κ2) is 8.95. The van der Waals surface area contributed by atoms with Crippen LogP contribution in [-0.4, -0.2) is 38.9 Å². The normalized spacial score (nSPS) is 10.6. The van der Waals surface area contributed by atoms with Gasteiger partial charge < -0.3 is 4.90 Å². The Morgan fingerprint density at radius 2 is 1.86 bits per heavy atom. The third-order valence-electron chi connectivity index (χ3n) is 4.00. The molecule has 0 radical (unpaired) electrons. The first-order valence-corrected chi connectivity index (χ1v) is 9.45. The molecule has 2 heterocycles. The summed E-state index contributed by atoms with van der Waals surface area (Å²) in [6.07, 6.45) is 3.07. The van der Waals surface area contributed by atoms with Crippen LogP contribution in [0.5, 0.6) is 0 Å². The molecule has 3 aromatic rings. The van der Waals surface area contributed by atoms with E-state index in [1.165, 1.54) is 6.20 Å². The Balaban J connectivity index is 2.02. The van der Waals surface area contributed by atoms with Crippen molar-refractivity contribution < 1.29 is 4.79 Å². The fourth-order valence-electron chi connectivity index (χ4n) is 2.50. The maximum absolute atomic E-state index is 12.5. The summed E-state index contributed by atoms with van der Waals surface area (Å²) in [5.74, 6) is 0.635. The van der Waals surface area contributed by atoms with E-state index in [2.05, 4.69) is 25.3 Å².